The van der Waals surface area contributed by atoms with Gasteiger partial charge in [-0.15, -0.1) is 0 Å². The first-order valence-corrected chi connectivity index (χ1v) is 8.94. The quantitative estimate of drug-likeness (QED) is 0.851. The zero-order valence-corrected chi connectivity index (χ0v) is 15.8. The monoisotopic (exact) mass is 344 g/mol. The van der Waals surface area contributed by atoms with Crippen molar-refractivity contribution in [3.8, 4) is 5.75 Å². The molecule has 5 nitrogen and oxygen atoms in total. The van der Waals surface area contributed by atoms with Gasteiger partial charge in [0.05, 0.1) is 12.7 Å². The third-order valence-electron chi connectivity index (χ3n) is 5.18. The van der Waals surface area contributed by atoms with Crippen molar-refractivity contribution in [1.29, 1.82) is 0 Å². The van der Waals surface area contributed by atoms with Crippen LogP contribution in [0.25, 0.3) is 10.9 Å². The van der Waals surface area contributed by atoms with Gasteiger partial charge in [0, 0.05) is 37.1 Å². The Morgan fingerprint density at radius 1 is 1.40 bits per heavy atom. The second kappa shape index (κ2) is 6.71. The summed E-state index contributed by atoms with van der Waals surface area (Å²) in [7, 11) is 3.60. The molecule has 1 aromatic carbocycles. The number of aryl methyl sites for hydroxylation is 1. The number of amides is 1. The van der Waals surface area contributed by atoms with E-state index in [0.29, 0.717) is 13.2 Å². The Labute approximate surface area is 149 Å². The van der Waals surface area contributed by atoms with Gasteiger partial charge in [-0.05, 0) is 57.9 Å². The summed E-state index contributed by atoms with van der Waals surface area (Å²) < 4.78 is 13.1. The number of hydrogen-bond acceptors (Lipinski definition) is 3. The molecule has 2 aromatic rings. The molecular formula is C20H28N2O3. The lowest BCUT2D eigenvalue weighted by molar-refractivity contribution is -0.0777. The molecule has 5 heteroatoms. The summed E-state index contributed by atoms with van der Waals surface area (Å²) >= 11 is 0. The molecule has 0 bridgehead atoms. The van der Waals surface area contributed by atoms with Crippen molar-refractivity contribution in [1.82, 2.24) is 9.47 Å². The van der Waals surface area contributed by atoms with Crippen LogP contribution in [0.2, 0.25) is 0 Å². The Hall–Kier alpha value is -2.01. The van der Waals surface area contributed by atoms with E-state index < -0.39 is 0 Å². The van der Waals surface area contributed by atoms with Crippen LogP contribution in [0.4, 0.5) is 0 Å². The fourth-order valence-electron chi connectivity index (χ4n) is 3.84. The van der Waals surface area contributed by atoms with E-state index in [1.54, 1.807) is 7.11 Å². The van der Waals surface area contributed by atoms with Crippen LogP contribution >= 0.6 is 0 Å². The Kier molecular flexibility index (Phi) is 4.78. The largest absolute Gasteiger partial charge is 0.497 e. The molecule has 0 aliphatic carbocycles. The fraction of sp³-hybridized carbons (Fsp3) is 0.550. The highest BCUT2D eigenvalue weighted by atomic mass is 16.5. The van der Waals surface area contributed by atoms with E-state index in [0.717, 1.165) is 35.2 Å². The number of carbonyl (C=O) groups is 1. The van der Waals surface area contributed by atoms with Gasteiger partial charge in [0.2, 0.25) is 0 Å². The Balaban J connectivity index is 1.93. The number of carbonyl (C=O) groups excluding carboxylic acids is 1. The van der Waals surface area contributed by atoms with Crippen LogP contribution in [-0.4, -0.2) is 47.3 Å². The number of nitrogens with zero attached hydrogens (tertiary/aromatic N) is 2. The molecule has 1 aromatic heterocycles. The molecule has 2 heterocycles. The van der Waals surface area contributed by atoms with Crippen molar-refractivity contribution in [2.75, 3.05) is 20.3 Å². The van der Waals surface area contributed by atoms with Crippen LogP contribution in [0.3, 0.4) is 0 Å². The number of ether oxygens (including phenoxy) is 2. The maximum Gasteiger partial charge on any atom is 0.270 e. The van der Waals surface area contributed by atoms with Crippen LogP contribution in [0.15, 0.2) is 24.3 Å². The zero-order valence-electron chi connectivity index (χ0n) is 15.8. The molecule has 1 aliphatic heterocycles. The molecule has 3 rings (SSSR count). The van der Waals surface area contributed by atoms with Gasteiger partial charge in [-0.3, -0.25) is 4.79 Å². The SMILES string of the molecule is CCN(C(=O)c1cc2cc(OC)ccc2n1C)C1CCOC(C)(C)C1. The van der Waals surface area contributed by atoms with Crippen LogP contribution < -0.4 is 4.74 Å². The summed E-state index contributed by atoms with van der Waals surface area (Å²) in [5, 5.41) is 1.02. The summed E-state index contributed by atoms with van der Waals surface area (Å²) in [5.41, 5.74) is 1.57. The Morgan fingerprint density at radius 3 is 2.80 bits per heavy atom. The molecule has 1 saturated heterocycles. The molecule has 0 N–H and O–H groups in total. The van der Waals surface area contributed by atoms with Gasteiger partial charge in [0.15, 0.2) is 0 Å². The van der Waals surface area contributed by atoms with Crippen molar-refractivity contribution >= 4 is 16.8 Å². The number of fused-ring (bicyclic) bond motifs is 1. The van der Waals surface area contributed by atoms with E-state index >= 15 is 0 Å². The highest BCUT2D eigenvalue weighted by molar-refractivity contribution is 5.99. The molecule has 0 radical (unpaired) electrons. The number of hydrogen-bond donors (Lipinski definition) is 0. The summed E-state index contributed by atoms with van der Waals surface area (Å²) in [5.74, 6) is 0.887. The van der Waals surface area contributed by atoms with Gasteiger partial charge in [-0.25, -0.2) is 0 Å². The first kappa shape index (κ1) is 17.8. The second-order valence-electron chi connectivity index (χ2n) is 7.36. The first-order valence-electron chi connectivity index (χ1n) is 8.94. The van der Waals surface area contributed by atoms with Crippen LogP contribution in [0.5, 0.6) is 5.75 Å². The van der Waals surface area contributed by atoms with Crippen LogP contribution in [0, 0.1) is 0 Å². The molecule has 25 heavy (non-hydrogen) atoms. The first-order chi connectivity index (χ1) is 11.9. The lowest BCUT2D eigenvalue weighted by Crippen LogP contribution is -2.48. The summed E-state index contributed by atoms with van der Waals surface area (Å²) in [6.45, 7) is 7.64. The molecule has 136 valence electrons. The van der Waals surface area contributed by atoms with Gasteiger partial charge in [0.1, 0.15) is 11.4 Å². The van der Waals surface area contributed by atoms with Crippen molar-refractivity contribution < 1.29 is 14.3 Å². The lowest BCUT2D eigenvalue weighted by atomic mass is 9.92. The molecular weight excluding hydrogens is 316 g/mol. The van der Waals surface area contributed by atoms with Crippen LogP contribution in [-0.2, 0) is 11.8 Å². The zero-order chi connectivity index (χ0) is 18.2. The molecule has 1 unspecified atom stereocenters. The Morgan fingerprint density at radius 2 is 2.16 bits per heavy atom. The smallest absolute Gasteiger partial charge is 0.270 e. The topological polar surface area (TPSA) is 43.7 Å². The lowest BCUT2D eigenvalue weighted by Gasteiger charge is -2.41. The van der Waals surface area contributed by atoms with Gasteiger partial charge < -0.3 is 18.9 Å². The predicted octanol–water partition coefficient (Wildman–Crippen LogP) is 3.61. The maximum atomic E-state index is 13.3. The normalized spacial score (nSPS) is 19.8. The maximum absolute atomic E-state index is 13.3. The average Bonchev–Trinajstić information content (AvgIpc) is 2.90. The fourth-order valence-corrected chi connectivity index (χ4v) is 3.84. The molecule has 1 amide bonds. The van der Waals surface area contributed by atoms with Crippen molar-refractivity contribution in [3.63, 3.8) is 0 Å². The minimum absolute atomic E-state index is 0.0860. The summed E-state index contributed by atoms with van der Waals surface area (Å²) in [4.78, 5) is 15.3. The van der Waals surface area contributed by atoms with Crippen molar-refractivity contribution in [3.05, 3.63) is 30.0 Å². The molecule has 1 aliphatic rings. The van der Waals surface area contributed by atoms with Crippen LogP contribution in [0.1, 0.15) is 44.1 Å². The minimum atomic E-state index is -0.178. The third kappa shape index (κ3) is 3.38. The van der Waals surface area contributed by atoms with E-state index in [1.165, 1.54) is 0 Å². The molecule has 0 saturated carbocycles. The average molecular weight is 344 g/mol. The number of benzene rings is 1. The molecule has 1 atom stereocenters. The standard InChI is InChI=1S/C20H28N2O3/c1-6-22(15-9-10-25-20(2,3)13-15)19(23)18-12-14-11-16(24-5)7-8-17(14)21(18)4/h7-8,11-12,15H,6,9-10,13H2,1-5H3. The summed E-state index contributed by atoms with van der Waals surface area (Å²) in [6.07, 6.45) is 1.76. The van der Waals surface area contributed by atoms with Gasteiger partial charge in [-0.2, -0.15) is 0 Å². The van der Waals surface area contributed by atoms with Gasteiger partial charge >= 0.3 is 0 Å². The highest BCUT2D eigenvalue weighted by Crippen LogP contribution is 2.30. The van der Waals surface area contributed by atoms with Crippen molar-refractivity contribution in [2.24, 2.45) is 7.05 Å². The van der Waals surface area contributed by atoms with Crippen molar-refractivity contribution in [2.45, 2.75) is 45.3 Å². The van der Waals surface area contributed by atoms with E-state index in [1.807, 2.05) is 47.7 Å². The highest BCUT2D eigenvalue weighted by Gasteiger charge is 2.34. The van der Waals surface area contributed by atoms with E-state index in [4.69, 9.17) is 9.47 Å². The predicted molar refractivity (Wildman–Crippen MR) is 99.2 cm³/mol. The van der Waals surface area contributed by atoms with E-state index in [2.05, 4.69) is 13.8 Å². The second-order valence-corrected chi connectivity index (χ2v) is 7.36. The number of methoxy groups -OCH3 is 1. The number of aromatic nitrogens is 1. The molecule has 0 spiro atoms. The van der Waals surface area contributed by atoms with Gasteiger partial charge in [0.25, 0.3) is 5.91 Å². The minimum Gasteiger partial charge on any atom is -0.497 e. The third-order valence-corrected chi connectivity index (χ3v) is 5.18. The summed E-state index contributed by atoms with van der Waals surface area (Å²) in [6, 6.07) is 8.08. The number of rotatable bonds is 4. The van der Waals surface area contributed by atoms with E-state index in [9.17, 15) is 4.79 Å². The van der Waals surface area contributed by atoms with E-state index in [-0.39, 0.29) is 17.6 Å². The van der Waals surface area contributed by atoms with Gasteiger partial charge in [-0.1, -0.05) is 0 Å². The Bertz CT molecular complexity index is 779. The molecule has 1 fully saturated rings.